The summed E-state index contributed by atoms with van der Waals surface area (Å²) in [5.74, 6) is 1.95. The molecule has 0 fully saturated rings. The molecule has 0 atom stereocenters. The van der Waals surface area contributed by atoms with E-state index < -0.39 is 0 Å². The van der Waals surface area contributed by atoms with E-state index in [1.165, 1.54) is 31.2 Å². The zero-order valence-corrected chi connectivity index (χ0v) is 31.2. The van der Waals surface area contributed by atoms with Gasteiger partial charge in [0, 0.05) is 75.2 Å². The van der Waals surface area contributed by atoms with Gasteiger partial charge in [0.05, 0.1) is 11.0 Å². The summed E-state index contributed by atoms with van der Waals surface area (Å²) in [5, 5.41) is 6.97. The van der Waals surface area contributed by atoms with Crippen LogP contribution < -0.4 is 0 Å². The topological polar surface area (TPSA) is 56.7 Å². The van der Waals surface area contributed by atoms with Crippen LogP contribution in [0.15, 0.2) is 186 Å². The molecule has 5 nitrogen and oxygen atoms in total. The van der Waals surface area contributed by atoms with E-state index in [2.05, 4.69) is 126 Å². The first-order valence-electron chi connectivity index (χ1n) is 19.0. The Morgan fingerprint density at radius 1 is 0.421 bits per heavy atom. The van der Waals surface area contributed by atoms with E-state index in [4.69, 9.17) is 19.4 Å². The molecule has 12 aromatic rings. The zero-order valence-electron chi connectivity index (χ0n) is 30.4. The van der Waals surface area contributed by atoms with Crippen molar-refractivity contribution in [1.29, 1.82) is 0 Å². The number of hydrogen-bond acceptors (Lipinski definition) is 5. The molecule has 4 heterocycles. The van der Waals surface area contributed by atoms with E-state index in [9.17, 15) is 0 Å². The molecule has 0 radical (unpaired) electrons. The maximum atomic E-state index is 6.78. The van der Waals surface area contributed by atoms with Gasteiger partial charge in [0.2, 0.25) is 0 Å². The Hall–Kier alpha value is -7.41. The van der Waals surface area contributed by atoms with Gasteiger partial charge >= 0.3 is 0 Å². The van der Waals surface area contributed by atoms with Gasteiger partial charge < -0.3 is 8.98 Å². The number of hydrogen-bond donors (Lipinski definition) is 0. The highest BCUT2D eigenvalue weighted by Crippen LogP contribution is 2.46. The first-order chi connectivity index (χ1) is 28.3. The highest BCUT2D eigenvalue weighted by Gasteiger charge is 2.21. The van der Waals surface area contributed by atoms with Crippen LogP contribution in [0.5, 0.6) is 0 Å². The van der Waals surface area contributed by atoms with Gasteiger partial charge in [-0.3, -0.25) is 0 Å². The van der Waals surface area contributed by atoms with Gasteiger partial charge in [-0.2, -0.15) is 0 Å². The molecule has 0 saturated carbocycles. The van der Waals surface area contributed by atoms with Gasteiger partial charge in [0.25, 0.3) is 0 Å². The van der Waals surface area contributed by atoms with Crippen LogP contribution in [0.1, 0.15) is 0 Å². The van der Waals surface area contributed by atoms with E-state index in [0.29, 0.717) is 17.5 Å². The maximum absolute atomic E-state index is 6.78. The van der Waals surface area contributed by atoms with E-state index in [-0.39, 0.29) is 0 Å². The van der Waals surface area contributed by atoms with Crippen molar-refractivity contribution in [3.05, 3.63) is 182 Å². The number of nitrogens with zero attached hydrogens (tertiary/aromatic N) is 4. The molecule has 0 spiro atoms. The Kier molecular flexibility index (Phi) is 7.03. The molecule has 0 aliphatic heterocycles. The van der Waals surface area contributed by atoms with Gasteiger partial charge in [-0.25, -0.2) is 15.0 Å². The van der Waals surface area contributed by atoms with Crippen LogP contribution in [-0.4, -0.2) is 19.5 Å². The third kappa shape index (κ3) is 4.98. The van der Waals surface area contributed by atoms with Crippen molar-refractivity contribution in [2.45, 2.75) is 0 Å². The SMILES string of the molecule is c1ccc(-c2nc(-c3ccccc3)nc(-c3cccc4sc5c(-c6cccc7c6oc6ccc(-n8c9ccccc9c9ccccc98)cc67)cccc5c34)n2)cc1. The second-order valence-corrected chi connectivity index (χ2v) is 15.4. The predicted octanol–water partition coefficient (Wildman–Crippen LogP) is 13.9. The molecular formula is C51H30N4OS. The standard InChI is InChI=1S/C51H30N4OS/c1-3-14-31(15-4-1)49-52-50(32-16-5-2-6-17-32)54-51(53-49)40-24-13-27-45-46(40)39-23-12-22-38(48(39)57-45)36-20-11-21-37-41-30-33(28-29-44(41)56-47(36)37)55-42-25-9-7-18-34(42)35-19-8-10-26-43(35)55/h1-30H. The minimum atomic E-state index is 0.648. The Morgan fingerprint density at radius 2 is 0.982 bits per heavy atom. The first-order valence-corrected chi connectivity index (χ1v) is 19.8. The van der Waals surface area contributed by atoms with E-state index in [1.807, 2.05) is 60.7 Å². The largest absolute Gasteiger partial charge is 0.455 e. The normalized spacial score (nSPS) is 11.9. The first kappa shape index (κ1) is 31.9. The summed E-state index contributed by atoms with van der Waals surface area (Å²) in [6.45, 7) is 0. The molecule has 12 rings (SSSR count). The van der Waals surface area contributed by atoms with Gasteiger partial charge in [0.15, 0.2) is 17.5 Å². The number of aromatic nitrogens is 4. The zero-order chi connectivity index (χ0) is 37.5. The fourth-order valence-corrected chi connectivity index (χ4v) is 9.77. The summed E-state index contributed by atoms with van der Waals surface area (Å²) in [6, 6.07) is 63.6. The van der Waals surface area contributed by atoms with E-state index in [1.54, 1.807) is 11.3 Å². The molecule has 0 amide bonds. The fraction of sp³-hybridized carbons (Fsp3) is 0. The van der Waals surface area contributed by atoms with Crippen LogP contribution in [-0.2, 0) is 0 Å². The summed E-state index contributed by atoms with van der Waals surface area (Å²) < 4.78 is 11.5. The van der Waals surface area contributed by atoms with Crippen LogP contribution >= 0.6 is 11.3 Å². The molecular weight excluding hydrogens is 717 g/mol. The summed E-state index contributed by atoms with van der Waals surface area (Å²) >= 11 is 1.80. The third-order valence-electron chi connectivity index (χ3n) is 11.1. The molecule has 0 bridgehead atoms. The van der Waals surface area contributed by atoms with E-state index >= 15 is 0 Å². The molecule has 266 valence electrons. The van der Waals surface area contributed by atoms with Gasteiger partial charge in [0.1, 0.15) is 11.2 Å². The summed E-state index contributed by atoms with van der Waals surface area (Å²) in [7, 11) is 0. The highest BCUT2D eigenvalue weighted by molar-refractivity contribution is 7.26. The van der Waals surface area contributed by atoms with Crippen molar-refractivity contribution < 1.29 is 4.42 Å². The van der Waals surface area contributed by atoms with Crippen molar-refractivity contribution in [3.63, 3.8) is 0 Å². The summed E-state index contributed by atoms with van der Waals surface area (Å²) in [6.07, 6.45) is 0. The minimum absolute atomic E-state index is 0.648. The van der Waals surface area contributed by atoms with Crippen molar-refractivity contribution in [3.8, 4) is 51.0 Å². The molecule has 8 aromatic carbocycles. The fourth-order valence-electron chi connectivity index (χ4n) is 8.51. The lowest BCUT2D eigenvalue weighted by Gasteiger charge is -2.09. The molecule has 0 aliphatic carbocycles. The molecule has 57 heavy (non-hydrogen) atoms. The molecule has 0 aliphatic rings. The van der Waals surface area contributed by atoms with Crippen molar-refractivity contribution in [2.75, 3.05) is 0 Å². The number of rotatable bonds is 5. The van der Waals surface area contributed by atoms with Crippen LogP contribution in [0.25, 0.3) is 115 Å². The number of furan rings is 1. The lowest BCUT2D eigenvalue weighted by atomic mass is 9.99. The Morgan fingerprint density at radius 3 is 1.68 bits per heavy atom. The maximum Gasteiger partial charge on any atom is 0.164 e. The van der Waals surface area contributed by atoms with Crippen LogP contribution in [0.4, 0.5) is 0 Å². The van der Waals surface area contributed by atoms with Crippen molar-refractivity contribution in [1.82, 2.24) is 19.5 Å². The molecule has 0 unspecified atom stereocenters. The number of benzene rings is 8. The number of fused-ring (bicyclic) bond motifs is 9. The smallest absolute Gasteiger partial charge is 0.164 e. The second-order valence-electron chi connectivity index (χ2n) is 14.3. The monoisotopic (exact) mass is 746 g/mol. The number of thiophene rings is 1. The summed E-state index contributed by atoms with van der Waals surface area (Å²) in [5.41, 5.74) is 10.3. The van der Waals surface area contributed by atoms with Crippen LogP contribution in [0.3, 0.4) is 0 Å². The summed E-state index contributed by atoms with van der Waals surface area (Å²) in [4.78, 5) is 15.2. The molecule has 4 aromatic heterocycles. The van der Waals surface area contributed by atoms with Crippen LogP contribution in [0.2, 0.25) is 0 Å². The molecule has 0 saturated heterocycles. The van der Waals surface area contributed by atoms with Gasteiger partial charge in [-0.05, 0) is 36.4 Å². The third-order valence-corrected chi connectivity index (χ3v) is 12.3. The Labute approximate surface area is 330 Å². The van der Waals surface area contributed by atoms with Gasteiger partial charge in [-0.15, -0.1) is 11.3 Å². The van der Waals surface area contributed by atoms with Crippen LogP contribution in [0, 0.1) is 0 Å². The Balaban J connectivity index is 1.04. The lowest BCUT2D eigenvalue weighted by Crippen LogP contribution is -2.00. The second kappa shape index (κ2) is 12.6. The lowest BCUT2D eigenvalue weighted by molar-refractivity contribution is 0.670. The average molecular weight is 747 g/mol. The predicted molar refractivity (Wildman–Crippen MR) is 236 cm³/mol. The van der Waals surface area contributed by atoms with E-state index in [0.717, 1.165) is 66.2 Å². The van der Waals surface area contributed by atoms with Crippen molar-refractivity contribution >= 4 is 75.3 Å². The minimum Gasteiger partial charge on any atom is -0.455 e. The molecule has 6 heteroatoms. The van der Waals surface area contributed by atoms with Crippen molar-refractivity contribution in [2.24, 2.45) is 0 Å². The molecule has 0 N–H and O–H groups in total. The average Bonchev–Trinajstić information content (AvgIpc) is 3.96. The van der Waals surface area contributed by atoms with Gasteiger partial charge in [-0.1, -0.05) is 146 Å². The Bertz CT molecular complexity index is 3420. The highest BCUT2D eigenvalue weighted by atomic mass is 32.1. The quantitative estimate of drug-likeness (QED) is 0.176. The number of para-hydroxylation sites is 3.